The first-order valence-electron chi connectivity index (χ1n) is 5.35. The van der Waals surface area contributed by atoms with Gasteiger partial charge in [-0.05, 0) is 19.2 Å². The SMILES string of the molecule is [C-]#[N+]c1ccc(N2C[C@H](CNC)OC2=O)cc1. The van der Waals surface area contributed by atoms with Crippen LogP contribution in [0.25, 0.3) is 4.85 Å². The van der Waals surface area contributed by atoms with Crippen molar-refractivity contribution in [1.29, 1.82) is 0 Å². The molecule has 5 heteroatoms. The van der Waals surface area contributed by atoms with E-state index in [0.29, 0.717) is 18.8 Å². The molecule has 1 aromatic carbocycles. The fourth-order valence-corrected chi connectivity index (χ4v) is 1.77. The number of nitrogens with one attached hydrogen (secondary N) is 1. The Balaban J connectivity index is 2.12. The van der Waals surface area contributed by atoms with Crippen LogP contribution in [-0.4, -0.2) is 32.3 Å². The highest BCUT2D eigenvalue weighted by Crippen LogP contribution is 2.24. The van der Waals surface area contributed by atoms with Crippen LogP contribution in [0.4, 0.5) is 16.2 Å². The first-order valence-corrected chi connectivity index (χ1v) is 5.35. The van der Waals surface area contributed by atoms with E-state index < -0.39 is 0 Å². The van der Waals surface area contributed by atoms with Crippen molar-refractivity contribution in [2.45, 2.75) is 6.10 Å². The summed E-state index contributed by atoms with van der Waals surface area (Å²) in [6.07, 6.45) is -0.450. The molecule has 1 fully saturated rings. The van der Waals surface area contributed by atoms with E-state index >= 15 is 0 Å². The van der Waals surface area contributed by atoms with Gasteiger partial charge in [-0.25, -0.2) is 9.64 Å². The summed E-state index contributed by atoms with van der Waals surface area (Å²) in [6.45, 7) is 8.04. The van der Waals surface area contributed by atoms with Gasteiger partial charge in [0.15, 0.2) is 5.69 Å². The average Bonchev–Trinajstić information content (AvgIpc) is 2.71. The van der Waals surface area contributed by atoms with Gasteiger partial charge in [0.1, 0.15) is 6.10 Å². The molecule has 1 aromatic rings. The molecule has 2 rings (SSSR count). The molecule has 1 amide bonds. The Labute approximate surface area is 99.8 Å². The lowest BCUT2D eigenvalue weighted by molar-refractivity contribution is 0.141. The van der Waals surface area contributed by atoms with E-state index in [9.17, 15) is 4.79 Å². The maximum absolute atomic E-state index is 11.6. The summed E-state index contributed by atoms with van der Waals surface area (Å²) in [5.74, 6) is 0. The molecule has 17 heavy (non-hydrogen) atoms. The quantitative estimate of drug-likeness (QED) is 0.806. The molecule has 88 valence electrons. The third kappa shape index (κ3) is 2.37. The maximum Gasteiger partial charge on any atom is 0.414 e. The topological polar surface area (TPSA) is 45.9 Å². The van der Waals surface area contributed by atoms with E-state index in [2.05, 4.69) is 10.2 Å². The molecule has 0 aromatic heterocycles. The Hall–Kier alpha value is -2.06. The second-order valence-corrected chi connectivity index (χ2v) is 3.80. The third-order valence-corrected chi connectivity index (χ3v) is 2.60. The Bertz CT molecular complexity index is 450. The van der Waals surface area contributed by atoms with Gasteiger partial charge < -0.3 is 10.1 Å². The number of hydrogen-bond acceptors (Lipinski definition) is 3. The molecule has 1 N–H and O–H groups in total. The first kappa shape index (κ1) is 11.4. The van der Waals surface area contributed by atoms with Crippen LogP contribution in [0.15, 0.2) is 24.3 Å². The number of carbonyl (C=O) groups is 1. The van der Waals surface area contributed by atoms with E-state index in [4.69, 9.17) is 11.3 Å². The smallest absolute Gasteiger partial charge is 0.414 e. The number of cyclic esters (lactones) is 1. The fraction of sp³-hybridized carbons (Fsp3) is 0.333. The van der Waals surface area contributed by atoms with Crippen LogP contribution in [0.3, 0.4) is 0 Å². The van der Waals surface area contributed by atoms with Gasteiger partial charge in [0.2, 0.25) is 0 Å². The molecule has 0 unspecified atom stereocenters. The van der Waals surface area contributed by atoms with Gasteiger partial charge in [-0.2, -0.15) is 0 Å². The lowest BCUT2D eigenvalue weighted by Gasteiger charge is -2.12. The van der Waals surface area contributed by atoms with Crippen molar-refractivity contribution in [2.24, 2.45) is 0 Å². The van der Waals surface area contributed by atoms with Gasteiger partial charge in [-0.1, -0.05) is 12.1 Å². The summed E-state index contributed by atoms with van der Waals surface area (Å²) in [5, 5.41) is 2.98. The van der Waals surface area contributed by atoms with Crippen molar-refractivity contribution in [3.63, 3.8) is 0 Å². The third-order valence-electron chi connectivity index (χ3n) is 2.60. The highest BCUT2D eigenvalue weighted by molar-refractivity contribution is 5.90. The molecule has 0 bridgehead atoms. The Morgan fingerprint density at radius 3 is 2.82 bits per heavy atom. The Morgan fingerprint density at radius 2 is 2.24 bits per heavy atom. The standard InChI is InChI=1S/C12H13N3O2/c1-13-7-11-8-15(12(16)17-11)10-5-3-9(14-2)4-6-10/h3-6,11,13H,7-8H2,1H3/t11-/m0/s1. The Morgan fingerprint density at radius 1 is 1.53 bits per heavy atom. The summed E-state index contributed by atoms with van der Waals surface area (Å²) in [5.41, 5.74) is 1.33. The largest absolute Gasteiger partial charge is 0.443 e. The van der Waals surface area contributed by atoms with Crippen molar-refractivity contribution < 1.29 is 9.53 Å². The summed E-state index contributed by atoms with van der Waals surface area (Å²) < 4.78 is 5.19. The number of carbonyl (C=O) groups excluding carboxylic acids is 1. The van der Waals surface area contributed by atoms with Crippen LogP contribution >= 0.6 is 0 Å². The summed E-state index contributed by atoms with van der Waals surface area (Å²) in [6, 6.07) is 6.91. The fourth-order valence-electron chi connectivity index (χ4n) is 1.77. The van der Waals surface area contributed by atoms with Crippen molar-refractivity contribution in [3.8, 4) is 0 Å². The number of anilines is 1. The number of ether oxygens (including phenoxy) is 1. The van der Waals surface area contributed by atoms with Gasteiger partial charge in [-0.15, -0.1) is 0 Å². The number of likely N-dealkylation sites (N-methyl/N-ethyl adjacent to an activating group) is 1. The molecule has 1 heterocycles. The average molecular weight is 231 g/mol. The van der Waals surface area contributed by atoms with Crippen molar-refractivity contribution >= 4 is 17.5 Å². The van der Waals surface area contributed by atoms with Gasteiger partial charge in [0, 0.05) is 12.2 Å². The zero-order valence-electron chi connectivity index (χ0n) is 9.51. The van der Waals surface area contributed by atoms with E-state index in [0.717, 1.165) is 5.69 Å². The minimum atomic E-state index is -0.333. The molecule has 1 atom stereocenters. The predicted molar refractivity (Wildman–Crippen MR) is 64.2 cm³/mol. The van der Waals surface area contributed by atoms with Crippen molar-refractivity contribution in [3.05, 3.63) is 35.7 Å². The van der Waals surface area contributed by atoms with Crippen molar-refractivity contribution in [1.82, 2.24) is 5.32 Å². The molecule has 0 saturated carbocycles. The summed E-state index contributed by atoms with van der Waals surface area (Å²) >= 11 is 0. The van der Waals surface area contributed by atoms with E-state index in [1.54, 1.807) is 29.2 Å². The van der Waals surface area contributed by atoms with E-state index in [-0.39, 0.29) is 12.2 Å². The molecular weight excluding hydrogens is 218 g/mol. The molecule has 0 radical (unpaired) electrons. The molecular formula is C12H13N3O2. The Kier molecular flexibility index (Phi) is 3.26. The van der Waals surface area contributed by atoms with Crippen LogP contribution in [0.5, 0.6) is 0 Å². The minimum absolute atomic E-state index is 0.118. The van der Waals surface area contributed by atoms with Gasteiger partial charge in [-0.3, -0.25) is 4.90 Å². The van der Waals surface area contributed by atoms with E-state index in [1.807, 2.05) is 7.05 Å². The van der Waals surface area contributed by atoms with Crippen LogP contribution in [0.1, 0.15) is 0 Å². The van der Waals surface area contributed by atoms with Crippen LogP contribution in [0.2, 0.25) is 0 Å². The normalized spacial score (nSPS) is 18.9. The number of amides is 1. The van der Waals surface area contributed by atoms with Gasteiger partial charge >= 0.3 is 6.09 Å². The molecule has 0 spiro atoms. The monoisotopic (exact) mass is 231 g/mol. The number of rotatable bonds is 3. The summed E-state index contributed by atoms with van der Waals surface area (Å²) in [4.78, 5) is 16.5. The zero-order valence-corrected chi connectivity index (χ0v) is 9.51. The highest BCUT2D eigenvalue weighted by Gasteiger charge is 2.31. The highest BCUT2D eigenvalue weighted by atomic mass is 16.6. The zero-order chi connectivity index (χ0) is 12.3. The number of nitrogens with zero attached hydrogens (tertiary/aromatic N) is 2. The lowest BCUT2D eigenvalue weighted by Crippen LogP contribution is -2.28. The maximum atomic E-state index is 11.6. The number of hydrogen-bond donors (Lipinski definition) is 1. The molecule has 1 aliphatic heterocycles. The second-order valence-electron chi connectivity index (χ2n) is 3.80. The first-order chi connectivity index (χ1) is 8.24. The molecule has 5 nitrogen and oxygen atoms in total. The number of benzene rings is 1. The predicted octanol–water partition coefficient (Wildman–Crippen LogP) is 1.78. The van der Waals surface area contributed by atoms with Gasteiger partial charge in [0.25, 0.3) is 0 Å². The second kappa shape index (κ2) is 4.85. The van der Waals surface area contributed by atoms with E-state index in [1.165, 1.54) is 0 Å². The summed E-state index contributed by atoms with van der Waals surface area (Å²) in [7, 11) is 1.82. The molecule has 1 aliphatic rings. The van der Waals surface area contributed by atoms with Crippen LogP contribution < -0.4 is 10.2 Å². The van der Waals surface area contributed by atoms with Gasteiger partial charge in [0.05, 0.1) is 13.1 Å². The van der Waals surface area contributed by atoms with Crippen LogP contribution in [0, 0.1) is 6.57 Å². The lowest BCUT2D eigenvalue weighted by atomic mass is 10.2. The van der Waals surface area contributed by atoms with Crippen LogP contribution in [-0.2, 0) is 4.74 Å². The minimum Gasteiger partial charge on any atom is -0.443 e. The molecule has 0 aliphatic carbocycles. The van der Waals surface area contributed by atoms with Crippen molar-refractivity contribution in [2.75, 3.05) is 25.0 Å². The molecule has 1 saturated heterocycles.